The minimum Gasteiger partial charge on any atom is -0.429 e. The Morgan fingerprint density at radius 3 is 2.59 bits per heavy atom. The van der Waals surface area contributed by atoms with Crippen LogP contribution in [0, 0.1) is 5.82 Å². The first-order chi connectivity index (χ1) is 17.3. The van der Waals surface area contributed by atoms with E-state index < -0.39 is 61.6 Å². The van der Waals surface area contributed by atoms with Crippen molar-refractivity contribution < 1.29 is 37.0 Å². The summed E-state index contributed by atoms with van der Waals surface area (Å²) >= 11 is 5.88. The molecular weight excluding hydrogens is 536 g/mol. The zero-order valence-corrected chi connectivity index (χ0v) is 22.2. The number of carbonyl (C=O) groups excluding carboxylic acids is 1. The lowest BCUT2D eigenvalue weighted by molar-refractivity contribution is -0.0666. The van der Waals surface area contributed by atoms with Crippen LogP contribution in [0.2, 0.25) is 5.02 Å². The van der Waals surface area contributed by atoms with Crippen molar-refractivity contribution in [2.75, 3.05) is 13.2 Å². The summed E-state index contributed by atoms with van der Waals surface area (Å²) in [6, 6.07) is 6.10. The van der Waals surface area contributed by atoms with Crippen molar-refractivity contribution in [1.82, 2.24) is 14.6 Å². The van der Waals surface area contributed by atoms with Gasteiger partial charge in [-0.3, -0.25) is 18.9 Å². The van der Waals surface area contributed by atoms with Crippen molar-refractivity contribution in [2.24, 2.45) is 0 Å². The molecule has 1 unspecified atom stereocenters. The SMILES string of the molecule is CCNP(=O)(OC[C@H]1O[C@@H](n2cc(F)c(=O)[nH]c2=O)C[C@@H]1OC(=O)OC(C)(C)C)Oc1ccc(Cl)cc1. The predicted molar refractivity (Wildman–Crippen MR) is 130 cm³/mol. The summed E-state index contributed by atoms with van der Waals surface area (Å²) in [5.74, 6) is -0.990. The van der Waals surface area contributed by atoms with E-state index in [-0.39, 0.29) is 18.7 Å². The summed E-state index contributed by atoms with van der Waals surface area (Å²) in [7, 11) is -3.94. The Morgan fingerprint density at radius 1 is 1.30 bits per heavy atom. The molecule has 1 aromatic heterocycles. The number of rotatable bonds is 9. The van der Waals surface area contributed by atoms with Crippen molar-refractivity contribution in [3.8, 4) is 5.75 Å². The number of hydrogen-bond donors (Lipinski definition) is 2. The Bertz CT molecular complexity index is 1260. The van der Waals surface area contributed by atoms with Gasteiger partial charge in [0.1, 0.15) is 29.8 Å². The number of ether oxygens (including phenoxy) is 3. The van der Waals surface area contributed by atoms with E-state index in [1.165, 1.54) is 12.1 Å². The minimum absolute atomic E-state index is 0.123. The molecule has 0 bridgehead atoms. The molecule has 0 spiro atoms. The van der Waals surface area contributed by atoms with E-state index in [1.54, 1.807) is 39.8 Å². The number of hydrogen-bond acceptors (Lipinski definition) is 9. The lowest BCUT2D eigenvalue weighted by Gasteiger charge is -2.24. The first-order valence-corrected chi connectivity index (χ1v) is 13.2. The van der Waals surface area contributed by atoms with Crippen LogP contribution in [0.5, 0.6) is 5.75 Å². The summed E-state index contributed by atoms with van der Waals surface area (Å²) in [5, 5.41) is 3.10. The molecule has 2 heterocycles. The Morgan fingerprint density at radius 2 is 1.97 bits per heavy atom. The van der Waals surface area contributed by atoms with Crippen LogP contribution in [-0.2, 0) is 23.3 Å². The topological polar surface area (TPSA) is 147 Å². The number of nitrogens with one attached hydrogen (secondary N) is 2. The van der Waals surface area contributed by atoms with Crippen molar-refractivity contribution >= 4 is 25.5 Å². The van der Waals surface area contributed by atoms with Crippen LogP contribution in [0.25, 0.3) is 0 Å². The van der Waals surface area contributed by atoms with Gasteiger partial charge in [0, 0.05) is 18.0 Å². The largest absolute Gasteiger partial charge is 0.509 e. The molecule has 15 heteroatoms. The third kappa shape index (κ3) is 8.14. The third-order valence-corrected chi connectivity index (χ3v) is 6.75. The van der Waals surface area contributed by atoms with Gasteiger partial charge in [0.25, 0.3) is 5.56 Å². The van der Waals surface area contributed by atoms with Gasteiger partial charge in [0.15, 0.2) is 0 Å². The zero-order chi connectivity index (χ0) is 27.4. The lowest BCUT2D eigenvalue weighted by atomic mass is 10.2. The summed E-state index contributed by atoms with van der Waals surface area (Å²) in [6.45, 7) is 6.44. The molecule has 2 N–H and O–H groups in total. The van der Waals surface area contributed by atoms with Crippen molar-refractivity contribution in [3.63, 3.8) is 0 Å². The molecule has 0 aliphatic carbocycles. The van der Waals surface area contributed by atoms with E-state index in [9.17, 15) is 23.3 Å². The molecule has 204 valence electrons. The van der Waals surface area contributed by atoms with Crippen LogP contribution in [0.1, 0.15) is 40.3 Å². The van der Waals surface area contributed by atoms with Gasteiger partial charge in [-0.2, -0.15) is 4.39 Å². The molecule has 0 radical (unpaired) electrons. The third-order valence-electron chi connectivity index (χ3n) is 4.85. The van der Waals surface area contributed by atoms with Crippen LogP contribution in [0.3, 0.4) is 0 Å². The molecule has 0 amide bonds. The maximum Gasteiger partial charge on any atom is 0.509 e. The molecular formula is C22H28ClFN3O9P. The fourth-order valence-electron chi connectivity index (χ4n) is 3.32. The highest BCUT2D eigenvalue weighted by atomic mass is 35.5. The van der Waals surface area contributed by atoms with E-state index in [4.69, 9.17) is 34.9 Å². The Labute approximate surface area is 216 Å². The Hall–Kier alpha value is -2.70. The van der Waals surface area contributed by atoms with Crippen LogP contribution >= 0.6 is 19.3 Å². The summed E-state index contributed by atoms with van der Waals surface area (Å²) in [6.07, 6.45) is -3.71. The average Bonchev–Trinajstić information content (AvgIpc) is 3.17. The molecule has 1 aliphatic rings. The van der Waals surface area contributed by atoms with E-state index in [1.807, 2.05) is 4.98 Å². The molecule has 0 saturated carbocycles. The van der Waals surface area contributed by atoms with Crippen LogP contribution in [0.4, 0.5) is 9.18 Å². The number of benzene rings is 1. The highest BCUT2D eigenvalue weighted by Gasteiger charge is 2.42. The fourth-order valence-corrected chi connectivity index (χ4v) is 4.79. The van der Waals surface area contributed by atoms with Gasteiger partial charge in [-0.1, -0.05) is 18.5 Å². The monoisotopic (exact) mass is 563 g/mol. The van der Waals surface area contributed by atoms with Crippen molar-refractivity contribution in [2.45, 2.75) is 58.2 Å². The number of nitrogens with zero attached hydrogens (tertiary/aromatic N) is 1. The van der Waals surface area contributed by atoms with Gasteiger partial charge in [-0.25, -0.2) is 19.2 Å². The molecule has 1 aromatic carbocycles. The second kappa shape index (κ2) is 11.8. The number of carbonyl (C=O) groups is 1. The zero-order valence-electron chi connectivity index (χ0n) is 20.6. The first-order valence-electron chi connectivity index (χ1n) is 11.3. The quantitative estimate of drug-likeness (QED) is 0.341. The molecule has 4 atom stereocenters. The summed E-state index contributed by atoms with van der Waals surface area (Å²) < 4.78 is 55.5. The minimum atomic E-state index is -3.94. The Balaban J connectivity index is 1.81. The van der Waals surface area contributed by atoms with E-state index in [2.05, 4.69) is 5.09 Å². The molecule has 3 rings (SSSR count). The summed E-state index contributed by atoms with van der Waals surface area (Å²) in [4.78, 5) is 37.8. The van der Waals surface area contributed by atoms with Gasteiger partial charge in [0.05, 0.1) is 12.8 Å². The van der Waals surface area contributed by atoms with Gasteiger partial charge in [0.2, 0.25) is 5.82 Å². The normalized spacial score (nSPS) is 21.3. The van der Waals surface area contributed by atoms with E-state index >= 15 is 0 Å². The number of halogens is 2. The Kier molecular flexibility index (Phi) is 9.19. The number of aromatic nitrogens is 2. The molecule has 1 saturated heterocycles. The van der Waals surface area contributed by atoms with Crippen molar-refractivity contribution in [3.05, 3.63) is 62.1 Å². The molecule has 2 aromatic rings. The van der Waals surface area contributed by atoms with Gasteiger partial charge >= 0.3 is 19.6 Å². The maximum atomic E-state index is 13.9. The van der Waals surface area contributed by atoms with E-state index in [0.717, 1.165) is 4.57 Å². The van der Waals surface area contributed by atoms with Crippen LogP contribution in [0.15, 0.2) is 40.1 Å². The fraction of sp³-hybridized carbons (Fsp3) is 0.500. The van der Waals surface area contributed by atoms with Gasteiger partial charge in [-0.05, 0) is 45.0 Å². The molecule has 1 fully saturated rings. The number of H-pyrrole nitrogens is 1. The predicted octanol–water partition coefficient (Wildman–Crippen LogP) is 3.75. The van der Waals surface area contributed by atoms with E-state index in [0.29, 0.717) is 11.2 Å². The van der Waals surface area contributed by atoms with Crippen LogP contribution < -0.4 is 20.9 Å². The lowest BCUT2D eigenvalue weighted by Crippen LogP contribution is -2.34. The molecule has 37 heavy (non-hydrogen) atoms. The highest BCUT2D eigenvalue weighted by Crippen LogP contribution is 2.45. The second-order valence-corrected chi connectivity index (χ2v) is 11.2. The van der Waals surface area contributed by atoms with Gasteiger partial charge in [-0.15, -0.1) is 0 Å². The van der Waals surface area contributed by atoms with Crippen molar-refractivity contribution in [1.29, 1.82) is 0 Å². The second-order valence-electron chi connectivity index (χ2n) is 8.98. The standard InChI is InChI=1S/C22H28ClFN3O9P/c1-5-25-37(31,36-14-8-6-13(23)7-9-14)32-12-17-16(34-21(30)35-22(2,3)4)10-18(33-17)27-11-15(24)19(28)26-20(27)29/h6-9,11,16-18H,5,10,12H2,1-4H3,(H,25,31)(H,26,28,29)/t16-,17+,18+,37?/m0/s1. The summed E-state index contributed by atoms with van der Waals surface area (Å²) in [5.41, 5.74) is -2.97. The maximum absolute atomic E-state index is 13.9. The molecule has 1 aliphatic heterocycles. The highest BCUT2D eigenvalue weighted by molar-refractivity contribution is 7.52. The first kappa shape index (κ1) is 28.9. The van der Waals surface area contributed by atoms with Crippen LogP contribution in [-0.4, -0.2) is 46.7 Å². The molecule has 12 nitrogen and oxygen atoms in total. The smallest absolute Gasteiger partial charge is 0.429 e. The average molecular weight is 564 g/mol. The number of aromatic amines is 1. The van der Waals surface area contributed by atoms with Gasteiger partial charge < -0.3 is 18.7 Å².